The summed E-state index contributed by atoms with van der Waals surface area (Å²) in [6, 6.07) is 4.25. The third kappa shape index (κ3) is 3.23. The summed E-state index contributed by atoms with van der Waals surface area (Å²) in [5.74, 6) is 2.13. The van der Waals surface area contributed by atoms with Crippen molar-refractivity contribution in [2.45, 2.75) is 32.2 Å². The highest BCUT2D eigenvalue weighted by Gasteiger charge is 2.14. The van der Waals surface area contributed by atoms with Gasteiger partial charge in [-0.3, -0.25) is 0 Å². The van der Waals surface area contributed by atoms with Crippen molar-refractivity contribution in [2.24, 2.45) is 7.05 Å². The predicted octanol–water partition coefficient (Wildman–Crippen LogP) is 2.69. The molecule has 0 radical (unpaired) electrons. The Morgan fingerprint density at radius 2 is 2.39 bits per heavy atom. The average molecular weight is 247 g/mol. The summed E-state index contributed by atoms with van der Waals surface area (Å²) in [5.41, 5.74) is 0. The molecule has 0 saturated carbocycles. The normalized spacial score (nSPS) is 12.8. The van der Waals surface area contributed by atoms with Crippen LogP contribution in [-0.2, 0) is 13.5 Å². The lowest BCUT2D eigenvalue weighted by molar-refractivity contribution is 0.393. The van der Waals surface area contributed by atoms with Gasteiger partial charge in [0.1, 0.15) is 11.6 Å². The van der Waals surface area contributed by atoms with Gasteiger partial charge < -0.3 is 14.3 Å². The number of aryl methyl sites for hydroxylation is 2. The fourth-order valence-electron chi connectivity index (χ4n) is 2.06. The Kier molecular flexibility index (Phi) is 4.59. The van der Waals surface area contributed by atoms with Crippen molar-refractivity contribution in [2.75, 3.05) is 6.54 Å². The highest BCUT2D eigenvalue weighted by atomic mass is 16.3. The molecule has 2 heterocycles. The van der Waals surface area contributed by atoms with Gasteiger partial charge in [0.2, 0.25) is 0 Å². The molecule has 2 rings (SSSR count). The molecule has 4 nitrogen and oxygen atoms in total. The van der Waals surface area contributed by atoms with E-state index in [2.05, 4.69) is 21.8 Å². The van der Waals surface area contributed by atoms with E-state index in [4.69, 9.17) is 4.42 Å². The lowest BCUT2D eigenvalue weighted by atomic mass is 10.1. The Morgan fingerprint density at radius 1 is 1.50 bits per heavy atom. The van der Waals surface area contributed by atoms with E-state index < -0.39 is 0 Å². The molecular formula is C14H21N3O. The van der Waals surface area contributed by atoms with E-state index in [-0.39, 0.29) is 6.04 Å². The van der Waals surface area contributed by atoms with Crippen molar-refractivity contribution < 1.29 is 4.42 Å². The second kappa shape index (κ2) is 6.40. The largest absolute Gasteiger partial charge is 0.468 e. The highest BCUT2D eigenvalue weighted by Crippen LogP contribution is 2.19. The maximum Gasteiger partial charge on any atom is 0.120 e. The van der Waals surface area contributed by atoms with Crippen LogP contribution < -0.4 is 5.32 Å². The van der Waals surface area contributed by atoms with Crippen LogP contribution in [0.1, 0.15) is 37.4 Å². The quantitative estimate of drug-likeness (QED) is 0.818. The van der Waals surface area contributed by atoms with Gasteiger partial charge in [0.25, 0.3) is 0 Å². The number of hydrogen-bond acceptors (Lipinski definition) is 3. The smallest absolute Gasteiger partial charge is 0.120 e. The molecule has 18 heavy (non-hydrogen) atoms. The van der Waals surface area contributed by atoms with Crippen molar-refractivity contribution in [3.05, 3.63) is 42.4 Å². The first-order valence-corrected chi connectivity index (χ1v) is 6.54. The summed E-state index contributed by atoms with van der Waals surface area (Å²) in [6.45, 7) is 3.18. The SMILES string of the molecule is CCCNC(CCc1nccn1C)c1ccco1. The van der Waals surface area contributed by atoms with Crippen LogP contribution in [0.15, 0.2) is 35.2 Å². The first-order chi connectivity index (χ1) is 8.81. The van der Waals surface area contributed by atoms with E-state index in [1.165, 1.54) is 0 Å². The van der Waals surface area contributed by atoms with Crippen molar-refractivity contribution in [3.63, 3.8) is 0 Å². The fraction of sp³-hybridized carbons (Fsp3) is 0.500. The van der Waals surface area contributed by atoms with E-state index >= 15 is 0 Å². The molecule has 2 aromatic heterocycles. The van der Waals surface area contributed by atoms with Crippen LogP contribution in [0.3, 0.4) is 0 Å². The summed E-state index contributed by atoms with van der Waals surface area (Å²) in [7, 11) is 2.03. The first kappa shape index (κ1) is 12.9. The molecular weight excluding hydrogens is 226 g/mol. The average Bonchev–Trinajstić information content (AvgIpc) is 3.01. The molecule has 1 unspecified atom stereocenters. The number of hydrogen-bond donors (Lipinski definition) is 1. The minimum Gasteiger partial charge on any atom is -0.468 e. The van der Waals surface area contributed by atoms with Crippen molar-refractivity contribution in [3.8, 4) is 0 Å². The second-order valence-electron chi connectivity index (χ2n) is 4.52. The number of rotatable bonds is 7. The molecule has 0 aliphatic heterocycles. The van der Waals surface area contributed by atoms with E-state index in [0.29, 0.717) is 0 Å². The molecule has 0 fully saturated rings. The topological polar surface area (TPSA) is 43.0 Å². The van der Waals surface area contributed by atoms with Crippen LogP contribution in [0, 0.1) is 0 Å². The van der Waals surface area contributed by atoms with Gasteiger partial charge in [0.15, 0.2) is 0 Å². The molecule has 1 N–H and O–H groups in total. The summed E-state index contributed by atoms with van der Waals surface area (Å²) in [5, 5.41) is 3.52. The molecule has 0 aromatic carbocycles. The summed E-state index contributed by atoms with van der Waals surface area (Å²) >= 11 is 0. The zero-order chi connectivity index (χ0) is 12.8. The molecule has 0 saturated heterocycles. The van der Waals surface area contributed by atoms with E-state index in [1.54, 1.807) is 6.26 Å². The molecule has 2 aromatic rings. The van der Waals surface area contributed by atoms with Crippen LogP contribution in [0.25, 0.3) is 0 Å². The van der Waals surface area contributed by atoms with Gasteiger partial charge in [-0.1, -0.05) is 6.92 Å². The van der Waals surface area contributed by atoms with Crippen LogP contribution in [0.5, 0.6) is 0 Å². The van der Waals surface area contributed by atoms with Crippen LogP contribution in [0.4, 0.5) is 0 Å². The molecule has 4 heteroatoms. The van der Waals surface area contributed by atoms with Crippen LogP contribution in [0.2, 0.25) is 0 Å². The molecule has 98 valence electrons. The molecule has 0 bridgehead atoms. The van der Waals surface area contributed by atoms with Gasteiger partial charge in [-0.2, -0.15) is 0 Å². The van der Waals surface area contributed by atoms with Gasteiger partial charge in [-0.25, -0.2) is 4.98 Å². The lowest BCUT2D eigenvalue weighted by Crippen LogP contribution is -2.22. The minimum absolute atomic E-state index is 0.275. The zero-order valence-electron chi connectivity index (χ0n) is 11.1. The number of furan rings is 1. The molecule has 1 atom stereocenters. The summed E-state index contributed by atoms with van der Waals surface area (Å²) in [4.78, 5) is 4.35. The third-order valence-corrected chi connectivity index (χ3v) is 3.10. The Labute approximate surface area is 108 Å². The first-order valence-electron chi connectivity index (χ1n) is 6.54. The molecule has 0 amide bonds. The van der Waals surface area contributed by atoms with Gasteiger partial charge in [0, 0.05) is 25.9 Å². The minimum atomic E-state index is 0.275. The Bertz CT molecular complexity index is 447. The van der Waals surface area contributed by atoms with Crippen molar-refractivity contribution in [1.82, 2.24) is 14.9 Å². The summed E-state index contributed by atoms with van der Waals surface area (Å²) in [6.07, 6.45) is 8.63. The van der Waals surface area contributed by atoms with Crippen molar-refractivity contribution >= 4 is 0 Å². The van der Waals surface area contributed by atoms with E-state index in [0.717, 1.165) is 37.4 Å². The monoisotopic (exact) mass is 247 g/mol. The Morgan fingerprint density at radius 3 is 3.00 bits per heavy atom. The van der Waals surface area contributed by atoms with Crippen LogP contribution in [-0.4, -0.2) is 16.1 Å². The second-order valence-corrected chi connectivity index (χ2v) is 4.52. The van der Waals surface area contributed by atoms with Crippen LogP contribution >= 0.6 is 0 Å². The maximum absolute atomic E-state index is 5.50. The van der Waals surface area contributed by atoms with Gasteiger partial charge in [-0.05, 0) is 31.5 Å². The molecule has 0 aliphatic carbocycles. The standard InChI is InChI=1S/C14H21N3O/c1-3-8-15-12(13-5-4-11-18-13)6-7-14-16-9-10-17(14)2/h4-5,9-12,15H,3,6-8H2,1-2H3. The lowest BCUT2D eigenvalue weighted by Gasteiger charge is -2.16. The van der Waals surface area contributed by atoms with Crippen molar-refractivity contribution in [1.29, 1.82) is 0 Å². The third-order valence-electron chi connectivity index (χ3n) is 3.10. The maximum atomic E-state index is 5.50. The zero-order valence-corrected chi connectivity index (χ0v) is 11.1. The Balaban J connectivity index is 1.95. The summed E-state index contributed by atoms with van der Waals surface area (Å²) < 4.78 is 7.57. The number of aromatic nitrogens is 2. The van der Waals surface area contributed by atoms with Gasteiger partial charge in [0.05, 0.1) is 12.3 Å². The molecule has 0 aliphatic rings. The Hall–Kier alpha value is -1.55. The highest BCUT2D eigenvalue weighted by molar-refractivity contribution is 5.05. The van der Waals surface area contributed by atoms with Gasteiger partial charge >= 0.3 is 0 Å². The number of nitrogens with zero attached hydrogens (tertiary/aromatic N) is 2. The van der Waals surface area contributed by atoms with E-state index in [1.807, 2.05) is 31.6 Å². The number of nitrogens with one attached hydrogen (secondary N) is 1. The number of imidazole rings is 1. The fourth-order valence-corrected chi connectivity index (χ4v) is 2.06. The van der Waals surface area contributed by atoms with Gasteiger partial charge in [-0.15, -0.1) is 0 Å². The predicted molar refractivity (Wildman–Crippen MR) is 71.3 cm³/mol. The molecule has 0 spiro atoms. The van der Waals surface area contributed by atoms with E-state index in [9.17, 15) is 0 Å².